The molecule has 0 fully saturated rings. The third-order valence-electron chi connectivity index (χ3n) is 5.61. The smallest absolute Gasteiger partial charge is 0.307 e. The summed E-state index contributed by atoms with van der Waals surface area (Å²) >= 11 is 0. The number of rotatable bonds is 10. The number of amidine groups is 1. The SMILES string of the molecule is CC/C=C\C(=N)N(CCC(=O)OCC)C(=O)c1ccc2c(c1)nc(CNc1ccc(C)cc1)n2C. The number of nitrogens with zero attached hydrogens (tertiary/aromatic N) is 3. The maximum Gasteiger partial charge on any atom is 0.307 e. The molecule has 1 heterocycles. The van der Waals surface area contributed by atoms with Crippen molar-refractivity contribution in [3.05, 3.63) is 71.6 Å². The lowest BCUT2D eigenvalue weighted by molar-refractivity contribution is -0.143. The van der Waals surface area contributed by atoms with E-state index in [-0.39, 0.29) is 31.3 Å². The number of carbonyl (C=O) groups excluding carboxylic acids is 2. The largest absolute Gasteiger partial charge is 0.466 e. The molecule has 0 aliphatic heterocycles. The predicted octanol–water partition coefficient (Wildman–Crippen LogP) is 4.83. The number of imidazole rings is 1. The molecule has 0 aliphatic rings. The van der Waals surface area contributed by atoms with Gasteiger partial charge in [0, 0.05) is 24.8 Å². The fourth-order valence-electron chi connectivity index (χ4n) is 3.64. The number of hydrogen-bond donors (Lipinski definition) is 2. The first kappa shape index (κ1) is 25.7. The van der Waals surface area contributed by atoms with Gasteiger partial charge >= 0.3 is 5.97 Å². The van der Waals surface area contributed by atoms with Crippen LogP contribution >= 0.6 is 0 Å². The lowest BCUT2D eigenvalue weighted by atomic mass is 10.1. The van der Waals surface area contributed by atoms with E-state index in [2.05, 4.69) is 17.4 Å². The maximum absolute atomic E-state index is 13.3. The van der Waals surface area contributed by atoms with Crippen LogP contribution in [0.2, 0.25) is 0 Å². The molecule has 0 bridgehead atoms. The molecule has 3 rings (SSSR count). The molecule has 3 aromatic rings. The molecule has 0 aliphatic carbocycles. The lowest BCUT2D eigenvalue weighted by Crippen LogP contribution is -2.37. The zero-order valence-corrected chi connectivity index (χ0v) is 20.8. The number of fused-ring (bicyclic) bond motifs is 1. The summed E-state index contributed by atoms with van der Waals surface area (Å²) in [7, 11) is 1.94. The number of carbonyl (C=O) groups is 2. The number of ether oxygens (including phenoxy) is 1. The second-order valence-electron chi connectivity index (χ2n) is 8.22. The van der Waals surface area contributed by atoms with Gasteiger partial charge < -0.3 is 14.6 Å². The van der Waals surface area contributed by atoms with Crippen LogP contribution in [0.15, 0.2) is 54.6 Å². The van der Waals surface area contributed by atoms with Crippen LogP contribution in [0.4, 0.5) is 5.69 Å². The van der Waals surface area contributed by atoms with Gasteiger partial charge in [-0.2, -0.15) is 0 Å². The van der Waals surface area contributed by atoms with Gasteiger partial charge in [0.2, 0.25) is 0 Å². The number of aromatic nitrogens is 2. The summed E-state index contributed by atoms with van der Waals surface area (Å²) in [6.45, 7) is 6.62. The van der Waals surface area contributed by atoms with Crippen molar-refractivity contribution in [3.63, 3.8) is 0 Å². The summed E-state index contributed by atoms with van der Waals surface area (Å²) in [5, 5.41) is 11.7. The second kappa shape index (κ2) is 12.0. The fourth-order valence-corrected chi connectivity index (χ4v) is 3.64. The van der Waals surface area contributed by atoms with Gasteiger partial charge in [-0.05, 0) is 56.7 Å². The maximum atomic E-state index is 13.3. The Balaban J connectivity index is 1.81. The van der Waals surface area contributed by atoms with Crippen molar-refractivity contribution >= 4 is 34.4 Å². The molecular weight excluding hydrogens is 442 g/mol. The third-order valence-corrected chi connectivity index (χ3v) is 5.61. The molecule has 0 atom stereocenters. The van der Waals surface area contributed by atoms with Crippen LogP contribution in [0.3, 0.4) is 0 Å². The van der Waals surface area contributed by atoms with Crippen molar-refractivity contribution < 1.29 is 14.3 Å². The number of esters is 1. The first-order valence-corrected chi connectivity index (χ1v) is 11.8. The van der Waals surface area contributed by atoms with Crippen LogP contribution in [0, 0.1) is 12.3 Å². The van der Waals surface area contributed by atoms with Crippen LogP contribution in [0.5, 0.6) is 0 Å². The van der Waals surface area contributed by atoms with Gasteiger partial charge in [0.25, 0.3) is 5.91 Å². The Morgan fingerprint density at radius 2 is 1.91 bits per heavy atom. The van der Waals surface area contributed by atoms with Crippen molar-refractivity contribution in [2.75, 3.05) is 18.5 Å². The van der Waals surface area contributed by atoms with E-state index in [1.807, 2.05) is 49.7 Å². The van der Waals surface area contributed by atoms with E-state index in [0.717, 1.165) is 23.4 Å². The molecule has 1 amide bonds. The molecule has 0 saturated heterocycles. The van der Waals surface area contributed by atoms with Gasteiger partial charge in [0.15, 0.2) is 0 Å². The van der Waals surface area contributed by atoms with Gasteiger partial charge in [0.1, 0.15) is 11.7 Å². The monoisotopic (exact) mass is 475 g/mol. The number of benzene rings is 2. The Kier molecular flexibility index (Phi) is 8.78. The molecule has 2 N–H and O–H groups in total. The molecule has 1 aromatic heterocycles. The van der Waals surface area contributed by atoms with Crippen LogP contribution < -0.4 is 5.32 Å². The molecule has 184 valence electrons. The van der Waals surface area contributed by atoms with Gasteiger partial charge in [-0.1, -0.05) is 30.7 Å². The highest BCUT2D eigenvalue weighted by Gasteiger charge is 2.21. The molecule has 8 heteroatoms. The second-order valence-corrected chi connectivity index (χ2v) is 8.22. The van der Waals surface area contributed by atoms with E-state index in [9.17, 15) is 9.59 Å². The highest BCUT2D eigenvalue weighted by molar-refractivity contribution is 6.10. The lowest BCUT2D eigenvalue weighted by Gasteiger charge is -2.21. The molecule has 0 saturated carbocycles. The third kappa shape index (κ3) is 6.56. The Hall–Kier alpha value is -3.94. The van der Waals surface area contributed by atoms with E-state index in [1.54, 1.807) is 25.1 Å². The van der Waals surface area contributed by atoms with Gasteiger partial charge in [-0.3, -0.25) is 19.9 Å². The first-order valence-electron chi connectivity index (χ1n) is 11.8. The Bertz CT molecular complexity index is 1230. The molecule has 35 heavy (non-hydrogen) atoms. The van der Waals surface area contributed by atoms with Crippen LogP contribution in [0.25, 0.3) is 11.0 Å². The number of anilines is 1. The minimum Gasteiger partial charge on any atom is -0.466 e. The quantitative estimate of drug-likeness (QED) is 0.248. The molecule has 0 spiro atoms. The molecule has 2 aromatic carbocycles. The number of nitrogens with one attached hydrogen (secondary N) is 2. The summed E-state index contributed by atoms with van der Waals surface area (Å²) in [6, 6.07) is 13.5. The first-order chi connectivity index (χ1) is 16.8. The average molecular weight is 476 g/mol. The van der Waals surface area contributed by atoms with Gasteiger partial charge in [-0.15, -0.1) is 0 Å². The van der Waals surface area contributed by atoms with E-state index < -0.39 is 5.97 Å². The van der Waals surface area contributed by atoms with Gasteiger partial charge in [-0.25, -0.2) is 4.98 Å². The van der Waals surface area contributed by atoms with Crippen LogP contribution in [-0.4, -0.2) is 45.3 Å². The Morgan fingerprint density at radius 1 is 1.17 bits per heavy atom. The van der Waals surface area contributed by atoms with Crippen molar-refractivity contribution in [1.82, 2.24) is 14.5 Å². The van der Waals surface area contributed by atoms with E-state index in [4.69, 9.17) is 15.1 Å². The predicted molar refractivity (Wildman–Crippen MR) is 139 cm³/mol. The highest BCUT2D eigenvalue weighted by atomic mass is 16.5. The van der Waals surface area contributed by atoms with Gasteiger partial charge in [0.05, 0.1) is 30.6 Å². The summed E-state index contributed by atoms with van der Waals surface area (Å²) < 4.78 is 6.98. The van der Waals surface area contributed by atoms with E-state index in [1.165, 1.54) is 10.5 Å². The van der Waals surface area contributed by atoms with E-state index in [0.29, 0.717) is 17.6 Å². The normalized spacial score (nSPS) is 11.1. The van der Waals surface area contributed by atoms with Crippen molar-refractivity contribution in [2.24, 2.45) is 7.05 Å². The van der Waals surface area contributed by atoms with Crippen molar-refractivity contribution in [3.8, 4) is 0 Å². The number of amides is 1. The molecular formula is C27H33N5O3. The molecule has 0 radical (unpaired) electrons. The van der Waals surface area contributed by atoms with Crippen LogP contribution in [0.1, 0.15) is 48.4 Å². The molecule has 8 nitrogen and oxygen atoms in total. The number of aryl methyl sites for hydroxylation is 2. The average Bonchev–Trinajstić information content (AvgIpc) is 3.17. The van der Waals surface area contributed by atoms with Crippen LogP contribution in [-0.2, 0) is 23.1 Å². The minimum absolute atomic E-state index is 0.0165. The summed E-state index contributed by atoms with van der Waals surface area (Å²) in [5.74, 6) is 0.114. The Labute approximate surface area is 206 Å². The topological polar surface area (TPSA) is 100 Å². The molecule has 0 unspecified atom stereocenters. The van der Waals surface area contributed by atoms with E-state index >= 15 is 0 Å². The zero-order valence-electron chi connectivity index (χ0n) is 20.8. The highest BCUT2D eigenvalue weighted by Crippen LogP contribution is 2.20. The fraction of sp³-hybridized carbons (Fsp3) is 0.333. The van der Waals surface area contributed by atoms with Crippen molar-refractivity contribution in [2.45, 2.75) is 40.2 Å². The summed E-state index contributed by atoms with van der Waals surface area (Å²) in [4.78, 5) is 31.2. The van der Waals surface area contributed by atoms with Crippen molar-refractivity contribution in [1.29, 1.82) is 5.41 Å². The minimum atomic E-state index is -0.400. The number of hydrogen-bond acceptors (Lipinski definition) is 6. The summed E-state index contributed by atoms with van der Waals surface area (Å²) in [5.41, 5.74) is 4.22. The Morgan fingerprint density at radius 3 is 2.60 bits per heavy atom. The number of allylic oxidation sites excluding steroid dienone is 1. The zero-order chi connectivity index (χ0) is 25.4. The standard InChI is InChI=1S/C27H33N5O3/c1-5-7-8-24(28)32(16-15-26(33)35-6-2)27(34)20-11-14-23-22(17-20)30-25(31(23)4)18-29-21-12-9-19(3)10-13-21/h7-14,17,28-29H,5-6,15-16,18H2,1-4H3/b8-7-,28-24?. The summed E-state index contributed by atoms with van der Waals surface area (Å²) in [6.07, 6.45) is 4.14.